The van der Waals surface area contributed by atoms with Crippen molar-refractivity contribution in [2.45, 2.75) is 59.3 Å². The number of rotatable bonds is 9. The van der Waals surface area contributed by atoms with Crippen LogP contribution in [0, 0.1) is 0 Å². The third-order valence-corrected chi connectivity index (χ3v) is 5.93. The van der Waals surface area contributed by atoms with Crippen molar-refractivity contribution in [3.8, 4) is 11.1 Å². The Morgan fingerprint density at radius 2 is 0.966 bits per heavy atom. The predicted octanol–water partition coefficient (Wildman–Crippen LogP) is 6.36. The molecule has 1 nitrogen and oxygen atoms in total. The van der Waals surface area contributed by atoms with Crippen molar-refractivity contribution >= 4 is 0 Å². The van der Waals surface area contributed by atoms with E-state index in [0.717, 1.165) is 38.5 Å². The SMILES string of the molecule is CCc1ccc(CCc2ccc(-c3ccc(CCO)cc3CC)c(CC)c2)cc1. The summed E-state index contributed by atoms with van der Waals surface area (Å²) in [5.41, 5.74) is 10.9. The van der Waals surface area contributed by atoms with Crippen LogP contribution in [-0.2, 0) is 38.5 Å². The average Bonchev–Trinajstić information content (AvgIpc) is 2.78. The molecule has 0 saturated heterocycles. The van der Waals surface area contributed by atoms with E-state index in [4.69, 9.17) is 0 Å². The Morgan fingerprint density at radius 1 is 0.517 bits per heavy atom. The summed E-state index contributed by atoms with van der Waals surface area (Å²) in [4.78, 5) is 0. The molecule has 0 saturated carbocycles. The van der Waals surface area contributed by atoms with Gasteiger partial charge in [-0.1, -0.05) is 81.4 Å². The minimum atomic E-state index is 0.207. The van der Waals surface area contributed by atoms with Gasteiger partial charge in [-0.15, -0.1) is 0 Å². The average molecular weight is 387 g/mol. The number of aliphatic hydroxyl groups excluding tert-OH is 1. The Labute approximate surface area is 176 Å². The molecule has 0 aliphatic rings. The highest BCUT2D eigenvalue weighted by molar-refractivity contribution is 5.71. The van der Waals surface area contributed by atoms with Gasteiger partial charge in [-0.2, -0.15) is 0 Å². The zero-order chi connectivity index (χ0) is 20.6. The summed E-state index contributed by atoms with van der Waals surface area (Å²) >= 11 is 0. The number of hydrogen-bond donors (Lipinski definition) is 1. The van der Waals surface area contributed by atoms with E-state index in [1.54, 1.807) is 0 Å². The molecule has 0 radical (unpaired) electrons. The molecule has 3 aromatic rings. The summed E-state index contributed by atoms with van der Waals surface area (Å²) in [5, 5.41) is 9.24. The molecule has 3 aromatic carbocycles. The third-order valence-electron chi connectivity index (χ3n) is 5.93. The maximum Gasteiger partial charge on any atom is 0.0471 e. The first kappa shape index (κ1) is 21.3. The van der Waals surface area contributed by atoms with Gasteiger partial charge in [-0.05, 0) is 83.0 Å². The summed E-state index contributed by atoms with van der Waals surface area (Å²) in [6.45, 7) is 6.87. The van der Waals surface area contributed by atoms with Gasteiger partial charge >= 0.3 is 0 Å². The van der Waals surface area contributed by atoms with E-state index < -0.39 is 0 Å². The molecule has 0 aromatic heterocycles. The molecule has 0 atom stereocenters. The largest absolute Gasteiger partial charge is 0.396 e. The van der Waals surface area contributed by atoms with Crippen LogP contribution in [0.4, 0.5) is 0 Å². The van der Waals surface area contributed by atoms with Gasteiger partial charge in [0.1, 0.15) is 0 Å². The van der Waals surface area contributed by atoms with Crippen LogP contribution in [0.3, 0.4) is 0 Å². The molecule has 0 bridgehead atoms. The van der Waals surface area contributed by atoms with Gasteiger partial charge < -0.3 is 5.11 Å². The van der Waals surface area contributed by atoms with E-state index in [2.05, 4.69) is 81.4 Å². The van der Waals surface area contributed by atoms with Crippen molar-refractivity contribution < 1.29 is 5.11 Å². The number of hydrogen-bond acceptors (Lipinski definition) is 1. The lowest BCUT2D eigenvalue weighted by atomic mass is 9.89. The number of aliphatic hydroxyl groups is 1. The quantitative estimate of drug-likeness (QED) is 0.453. The van der Waals surface area contributed by atoms with Crippen molar-refractivity contribution in [3.63, 3.8) is 0 Å². The molecule has 0 fully saturated rings. The fourth-order valence-corrected chi connectivity index (χ4v) is 4.08. The second kappa shape index (κ2) is 10.4. The molecule has 1 N–H and O–H groups in total. The Hall–Kier alpha value is -2.38. The highest BCUT2D eigenvalue weighted by Gasteiger charge is 2.10. The molecule has 0 amide bonds. The van der Waals surface area contributed by atoms with Crippen LogP contribution in [0.2, 0.25) is 0 Å². The fourth-order valence-electron chi connectivity index (χ4n) is 4.08. The zero-order valence-corrected chi connectivity index (χ0v) is 18.2. The van der Waals surface area contributed by atoms with E-state index in [9.17, 15) is 5.11 Å². The van der Waals surface area contributed by atoms with Crippen LogP contribution in [0.1, 0.15) is 54.2 Å². The molecule has 0 aliphatic heterocycles. The lowest BCUT2D eigenvalue weighted by molar-refractivity contribution is 0.299. The van der Waals surface area contributed by atoms with Crippen LogP contribution in [-0.4, -0.2) is 11.7 Å². The summed E-state index contributed by atoms with van der Waals surface area (Å²) in [6, 6.07) is 22.7. The molecule has 0 aliphatic carbocycles. The van der Waals surface area contributed by atoms with E-state index in [1.807, 2.05) is 0 Å². The van der Waals surface area contributed by atoms with Crippen molar-refractivity contribution in [3.05, 3.63) is 94.0 Å². The zero-order valence-electron chi connectivity index (χ0n) is 18.2. The predicted molar refractivity (Wildman–Crippen MR) is 125 cm³/mol. The Bertz CT molecular complexity index is 922. The maximum absolute atomic E-state index is 9.24. The summed E-state index contributed by atoms with van der Waals surface area (Å²) in [6.07, 6.45) is 6.04. The first-order valence-corrected chi connectivity index (χ1v) is 11.1. The molecule has 152 valence electrons. The van der Waals surface area contributed by atoms with E-state index >= 15 is 0 Å². The summed E-state index contributed by atoms with van der Waals surface area (Å²) in [7, 11) is 0. The van der Waals surface area contributed by atoms with Gasteiger partial charge in [0.15, 0.2) is 0 Å². The lowest BCUT2D eigenvalue weighted by Gasteiger charge is -2.15. The third kappa shape index (κ3) is 5.36. The van der Waals surface area contributed by atoms with Crippen molar-refractivity contribution in [1.29, 1.82) is 0 Å². The monoisotopic (exact) mass is 386 g/mol. The van der Waals surface area contributed by atoms with Crippen molar-refractivity contribution in [2.24, 2.45) is 0 Å². The molecule has 29 heavy (non-hydrogen) atoms. The smallest absolute Gasteiger partial charge is 0.0471 e. The lowest BCUT2D eigenvalue weighted by Crippen LogP contribution is -1.98. The molecule has 0 unspecified atom stereocenters. The molecule has 0 heterocycles. The minimum Gasteiger partial charge on any atom is -0.396 e. The van der Waals surface area contributed by atoms with E-state index in [-0.39, 0.29) is 6.61 Å². The van der Waals surface area contributed by atoms with Crippen LogP contribution in [0.5, 0.6) is 0 Å². The van der Waals surface area contributed by atoms with Gasteiger partial charge in [0.2, 0.25) is 0 Å². The standard InChI is InChI=1S/C28H34O/c1-4-21-7-9-22(10-8-21)11-12-23-13-15-27(25(5-2)19-23)28-16-14-24(17-18-29)20-26(28)6-3/h7-10,13-16,19-20,29H,4-6,11-12,17-18H2,1-3H3. The van der Waals surface area contributed by atoms with Gasteiger partial charge in [0.25, 0.3) is 0 Å². The van der Waals surface area contributed by atoms with Crippen LogP contribution in [0.25, 0.3) is 11.1 Å². The maximum atomic E-state index is 9.24. The number of benzene rings is 3. The Balaban J connectivity index is 1.81. The van der Waals surface area contributed by atoms with Gasteiger partial charge in [0, 0.05) is 6.61 Å². The molecular formula is C28H34O. The number of aryl methyl sites for hydroxylation is 5. The van der Waals surface area contributed by atoms with Crippen molar-refractivity contribution in [1.82, 2.24) is 0 Å². The van der Waals surface area contributed by atoms with Crippen LogP contribution < -0.4 is 0 Å². The first-order valence-electron chi connectivity index (χ1n) is 11.1. The fraction of sp³-hybridized carbons (Fsp3) is 0.357. The normalized spacial score (nSPS) is 11.0. The molecular weight excluding hydrogens is 352 g/mol. The molecule has 0 spiro atoms. The molecule has 1 heteroatoms. The van der Waals surface area contributed by atoms with Gasteiger partial charge in [-0.3, -0.25) is 0 Å². The highest BCUT2D eigenvalue weighted by Crippen LogP contribution is 2.30. The Kier molecular flexibility index (Phi) is 7.66. The second-order valence-corrected chi connectivity index (χ2v) is 7.83. The van der Waals surface area contributed by atoms with Crippen LogP contribution >= 0.6 is 0 Å². The van der Waals surface area contributed by atoms with E-state index in [1.165, 1.54) is 44.5 Å². The highest BCUT2D eigenvalue weighted by atomic mass is 16.2. The Morgan fingerprint density at radius 3 is 1.45 bits per heavy atom. The van der Waals surface area contributed by atoms with Crippen molar-refractivity contribution in [2.75, 3.05) is 6.61 Å². The van der Waals surface area contributed by atoms with Gasteiger partial charge in [-0.25, -0.2) is 0 Å². The minimum absolute atomic E-state index is 0.207. The second-order valence-electron chi connectivity index (χ2n) is 7.83. The van der Waals surface area contributed by atoms with Crippen LogP contribution in [0.15, 0.2) is 60.7 Å². The summed E-state index contributed by atoms with van der Waals surface area (Å²) in [5.74, 6) is 0. The topological polar surface area (TPSA) is 20.2 Å². The van der Waals surface area contributed by atoms with Gasteiger partial charge in [0.05, 0.1) is 0 Å². The summed E-state index contributed by atoms with van der Waals surface area (Å²) < 4.78 is 0. The first-order chi connectivity index (χ1) is 14.2. The molecule has 3 rings (SSSR count). The van der Waals surface area contributed by atoms with E-state index in [0.29, 0.717) is 0 Å².